The van der Waals surface area contributed by atoms with Crippen molar-refractivity contribution in [3.8, 4) is 5.75 Å². The minimum atomic E-state index is -3.91. The first-order valence-electron chi connectivity index (χ1n) is 5.97. The topological polar surface area (TPSA) is 95.9 Å². The molecule has 1 rings (SSSR count). The van der Waals surface area contributed by atoms with E-state index in [-0.39, 0.29) is 27.8 Å². The molecular formula is C12H17ClN2O5S. The van der Waals surface area contributed by atoms with Crippen LogP contribution in [0.5, 0.6) is 5.75 Å². The van der Waals surface area contributed by atoms with Gasteiger partial charge in [-0.15, -0.1) is 0 Å². The van der Waals surface area contributed by atoms with Gasteiger partial charge in [-0.3, -0.25) is 0 Å². The molecule has 0 atom stereocenters. The van der Waals surface area contributed by atoms with E-state index in [0.717, 1.165) is 10.4 Å². The number of rotatable bonds is 7. The van der Waals surface area contributed by atoms with Crippen molar-refractivity contribution in [2.24, 2.45) is 0 Å². The van der Waals surface area contributed by atoms with E-state index in [1.54, 1.807) is 7.05 Å². The van der Waals surface area contributed by atoms with Crippen molar-refractivity contribution in [2.75, 3.05) is 34.3 Å². The maximum absolute atomic E-state index is 12.5. The number of hydrogen-bond acceptors (Lipinski definition) is 5. The first-order valence-corrected chi connectivity index (χ1v) is 7.79. The van der Waals surface area contributed by atoms with Gasteiger partial charge in [0.2, 0.25) is 10.0 Å². The molecule has 0 unspecified atom stereocenters. The molecule has 21 heavy (non-hydrogen) atoms. The molecule has 0 amide bonds. The summed E-state index contributed by atoms with van der Waals surface area (Å²) in [7, 11) is 0.392. The van der Waals surface area contributed by atoms with Crippen LogP contribution in [0, 0.1) is 0 Å². The number of benzene rings is 1. The van der Waals surface area contributed by atoms with E-state index in [1.807, 2.05) is 0 Å². The second-order valence-corrected chi connectivity index (χ2v) is 6.67. The summed E-state index contributed by atoms with van der Waals surface area (Å²) in [6.07, 6.45) is 0. The zero-order chi connectivity index (χ0) is 16.2. The highest BCUT2D eigenvalue weighted by atomic mass is 35.5. The maximum atomic E-state index is 12.5. The maximum Gasteiger partial charge on any atom is 0.339 e. The van der Waals surface area contributed by atoms with Gasteiger partial charge in [0, 0.05) is 25.2 Å². The second kappa shape index (κ2) is 7.08. The molecule has 1 aromatic rings. The molecule has 2 N–H and O–H groups in total. The van der Waals surface area contributed by atoms with Crippen LogP contribution in [0.3, 0.4) is 0 Å². The molecule has 1 aromatic carbocycles. The molecule has 0 fully saturated rings. The quantitative estimate of drug-likeness (QED) is 0.767. The summed E-state index contributed by atoms with van der Waals surface area (Å²) >= 11 is 5.82. The third-order valence-electron chi connectivity index (χ3n) is 2.82. The van der Waals surface area contributed by atoms with Crippen LogP contribution in [0.25, 0.3) is 0 Å². The Morgan fingerprint density at radius 1 is 1.48 bits per heavy atom. The molecule has 0 saturated heterocycles. The van der Waals surface area contributed by atoms with Crippen molar-refractivity contribution in [1.82, 2.24) is 9.62 Å². The van der Waals surface area contributed by atoms with E-state index in [1.165, 1.54) is 20.2 Å². The average molecular weight is 337 g/mol. The summed E-state index contributed by atoms with van der Waals surface area (Å²) < 4.78 is 31.1. The molecule has 0 aromatic heterocycles. The zero-order valence-corrected chi connectivity index (χ0v) is 13.5. The summed E-state index contributed by atoms with van der Waals surface area (Å²) in [5.74, 6) is -1.55. The molecule has 0 aliphatic rings. The van der Waals surface area contributed by atoms with Gasteiger partial charge >= 0.3 is 5.97 Å². The van der Waals surface area contributed by atoms with Gasteiger partial charge in [-0.1, -0.05) is 11.6 Å². The van der Waals surface area contributed by atoms with E-state index >= 15 is 0 Å². The fraction of sp³-hybridized carbons (Fsp3) is 0.417. The van der Waals surface area contributed by atoms with Crippen LogP contribution in [-0.2, 0) is 10.0 Å². The summed E-state index contributed by atoms with van der Waals surface area (Å²) in [4.78, 5) is 10.9. The predicted octanol–water partition coefficient (Wildman–Crippen LogP) is 0.887. The second-order valence-electron chi connectivity index (χ2n) is 4.22. The molecule has 0 spiro atoms. The molecule has 0 aliphatic carbocycles. The Morgan fingerprint density at radius 3 is 2.57 bits per heavy atom. The minimum absolute atomic E-state index is 0.00814. The van der Waals surface area contributed by atoms with Crippen LogP contribution in [-0.4, -0.2) is 58.1 Å². The van der Waals surface area contributed by atoms with Gasteiger partial charge in [0.05, 0.1) is 7.11 Å². The zero-order valence-electron chi connectivity index (χ0n) is 11.9. The Balaban J connectivity index is 3.44. The fourth-order valence-electron chi connectivity index (χ4n) is 1.69. The van der Waals surface area contributed by atoms with Crippen LogP contribution in [0.4, 0.5) is 0 Å². The monoisotopic (exact) mass is 336 g/mol. The van der Waals surface area contributed by atoms with E-state index in [9.17, 15) is 13.2 Å². The number of likely N-dealkylation sites (N-methyl/N-ethyl adjacent to an activating group) is 2. The van der Waals surface area contributed by atoms with Gasteiger partial charge in [0.25, 0.3) is 0 Å². The Bertz CT molecular complexity index is 633. The Morgan fingerprint density at radius 2 is 2.10 bits per heavy atom. The van der Waals surface area contributed by atoms with Crippen molar-refractivity contribution in [3.05, 3.63) is 22.7 Å². The molecule has 0 heterocycles. The van der Waals surface area contributed by atoms with Crippen molar-refractivity contribution in [2.45, 2.75) is 4.90 Å². The number of methoxy groups -OCH3 is 1. The molecule has 0 radical (unpaired) electrons. The van der Waals surface area contributed by atoms with Crippen LogP contribution >= 0.6 is 11.6 Å². The third kappa shape index (κ3) is 3.85. The molecule has 9 heteroatoms. The molecule has 0 saturated carbocycles. The lowest BCUT2D eigenvalue weighted by molar-refractivity contribution is 0.0693. The van der Waals surface area contributed by atoms with Crippen LogP contribution < -0.4 is 10.1 Å². The van der Waals surface area contributed by atoms with Gasteiger partial charge < -0.3 is 15.2 Å². The van der Waals surface area contributed by atoms with Gasteiger partial charge in [-0.05, 0) is 19.2 Å². The summed E-state index contributed by atoms with van der Waals surface area (Å²) in [5, 5.41) is 12.0. The standard InChI is InChI=1S/C12H17ClN2O5S/c1-14-4-5-15(2)21(18,19)10-7-8(13)6-9(12(16)17)11(10)20-3/h6-7,14H,4-5H2,1-3H3,(H,16,17). The van der Waals surface area contributed by atoms with Gasteiger partial charge in [-0.2, -0.15) is 4.31 Å². The molecule has 0 aliphatic heterocycles. The first-order chi connectivity index (χ1) is 9.75. The highest BCUT2D eigenvalue weighted by Crippen LogP contribution is 2.33. The minimum Gasteiger partial charge on any atom is -0.494 e. The third-order valence-corrected chi connectivity index (χ3v) is 4.90. The molecular weight excluding hydrogens is 320 g/mol. The number of aromatic carboxylic acids is 1. The van der Waals surface area contributed by atoms with Gasteiger partial charge in [-0.25, -0.2) is 13.2 Å². The Hall–Kier alpha value is -1.35. The number of halogens is 1. The van der Waals surface area contributed by atoms with Crippen LogP contribution in [0.1, 0.15) is 10.4 Å². The lowest BCUT2D eigenvalue weighted by atomic mass is 10.2. The summed E-state index contributed by atoms with van der Waals surface area (Å²) in [6.45, 7) is 0.668. The fourth-order valence-corrected chi connectivity index (χ4v) is 3.34. The summed E-state index contributed by atoms with van der Waals surface area (Å²) in [6, 6.07) is 2.33. The lowest BCUT2D eigenvalue weighted by Crippen LogP contribution is -2.33. The SMILES string of the molecule is CNCCN(C)S(=O)(=O)c1cc(Cl)cc(C(=O)O)c1OC. The van der Waals surface area contributed by atoms with Gasteiger partial charge in [0.15, 0.2) is 5.75 Å². The van der Waals surface area contributed by atoms with E-state index in [0.29, 0.717) is 6.54 Å². The number of ether oxygens (including phenoxy) is 1. The normalized spacial score (nSPS) is 11.7. The predicted molar refractivity (Wildman–Crippen MR) is 78.7 cm³/mol. The number of hydrogen-bond donors (Lipinski definition) is 2. The number of carbonyl (C=O) groups is 1. The molecule has 118 valence electrons. The van der Waals surface area contributed by atoms with Crippen molar-refractivity contribution < 1.29 is 23.1 Å². The van der Waals surface area contributed by atoms with Gasteiger partial charge in [0.1, 0.15) is 10.5 Å². The number of carboxylic acid groups (broad SMARTS) is 1. The van der Waals surface area contributed by atoms with Crippen LogP contribution in [0.2, 0.25) is 5.02 Å². The van der Waals surface area contributed by atoms with Crippen molar-refractivity contribution in [3.63, 3.8) is 0 Å². The van der Waals surface area contributed by atoms with Crippen LogP contribution in [0.15, 0.2) is 17.0 Å². The Labute approximate surface area is 128 Å². The molecule has 0 bridgehead atoms. The van der Waals surface area contributed by atoms with E-state index in [2.05, 4.69) is 5.32 Å². The number of nitrogens with one attached hydrogen (secondary N) is 1. The highest BCUT2D eigenvalue weighted by molar-refractivity contribution is 7.89. The highest BCUT2D eigenvalue weighted by Gasteiger charge is 2.28. The largest absolute Gasteiger partial charge is 0.494 e. The number of carboxylic acids is 1. The first kappa shape index (κ1) is 17.7. The average Bonchev–Trinajstić information content (AvgIpc) is 2.43. The molecule has 7 nitrogen and oxygen atoms in total. The van der Waals surface area contributed by atoms with E-state index < -0.39 is 16.0 Å². The Kier molecular flexibility index (Phi) is 5.97. The van der Waals surface area contributed by atoms with E-state index in [4.69, 9.17) is 21.4 Å². The number of sulfonamides is 1. The lowest BCUT2D eigenvalue weighted by Gasteiger charge is -2.19. The van der Waals surface area contributed by atoms with Crippen molar-refractivity contribution >= 4 is 27.6 Å². The smallest absolute Gasteiger partial charge is 0.339 e. The summed E-state index contributed by atoms with van der Waals surface area (Å²) in [5.41, 5.74) is -0.300. The number of nitrogens with zero attached hydrogens (tertiary/aromatic N) is 1. The van der Waals surface area contributed by atoms with Crippen molar-refractivity contribution in [1.29, 1.82) is 0 Å².